The number of carbonyl (C=O) groups is 2. The number of thioether (sulfide) groups is 1. The van der Waals surface area contributed by atoms with Gasteiger partial charge in [0, 0.05) is 0 Å². The lowest BCUT2D eigenvalue weighted by atomic mass is 10.1. The number of hydrogen-bond acceptors (Lipinski definition) is 6. The second-order valence-corrected chi connectivity index (χ2v) is 8.98. The van der Waals surface area contributed by atoms with E-state index in [2.05, 4.69) is 6.92 Å². The number of rotatable bonds is 10. The summed E-state index contributed by atoms with van der Waals surface area (Å²) in [5, 5.41) is 0. The zero-order valence-corrected chi connectivity index (χ0v) is 19.9. The highest BCUT2D eigenvalue weighted by Crippen LogP contribution is 2.38. The monoisotopic (exact) mass is 469 g/mol. The Labute approximate surface area is 198 Å². The Balaban J connectivity index is 1.82. The van der Waals surface area contributed by atoms with E-state index in [0.29, 0.717) is 34.4 Å². The van der Waals surface area contributed by atoms with Crippen molar-refractivity contribution in [2.24, 2.45) is 0 Å². The van der Waals surface area contributed by atoms with Crippen LogP contribution in [-0.4, -0.2) is 34.3 Å². The maximum absolute atomic E-state index is 13.3. The van der Waals surface area contributed by atoms with Crippen molar-refractivity contribution in [2.75, 3.05) is 13.2 Å². The first kappa shape index (κ1) is 24.0. The molecule has 1 amide bonds. The van der Waals surface area contributed by atoms with Crippen LogP contribution >= 0.6 is 24.0 Å². The second-order valence-electron chi connectivity index (χ2n) is 7.30. The molecule has 1 unspecified atom stereocenters. The lowest BCUT2D eigenvalue weighted by Crippen LogP contribution is -2.38. The van der Waals surface area contributed by atoms with Gasteiger partial charge in [0.05, 0.1) is 18.1 Å². The predicted octanol–water partition coefficient (Wildman–Crippen LogP) is 5.76. The van der Waals surface area contributed by atoms with Crippen molar-refractivity contribution in [3.05, 3.63) is 70.6 Å². The van der Waals surface area contributed by atoms with Crippen LogP contribution in [-0.2, 0) is 14.3 Å². The molecule has 0 spiro atoms. The fraction of sp³-hybridized carbons (Fsp3) is 0.320. The molecule has 0 radical (unpaired) electrons. The summed E-state index contributed by atoms with van der Waals surface area (Å²) in [5.74, 6) is 0.0146. The van der Waals surface area contributed by atoms with Crippen molar-refractivity contribution in [3.8, 4) is 5.75 Å². The molecule has 7 heteroatoms. The van der Waals surface area contributed by atoms with Gasteiger partial charge < -0.3 is 9.47 Å². The van der Waals surface area contributed by atoms with E-state index >= 15 is 0 Å². The van der Waals surface area contributed by atoms with Gasteiger partial charge >= 0.3 is 5.97 Å². The summed E-state index contributed by atoms with van der Waals surface area (Å²) in [5.41, 5.74) is 1.53. The molecule has 2 aromatic rings. The van der Waals surface area contributed by atoms with Crippen LogP contribution in [0.2, 0.25) is 0 Å². The largest absolute Gasteiger partial charge is 0.494 e. The Morgan fingerprint density at radius 2 is 1.78 bits per heavy atom. The van der Waals surface area contributed by atoms with Crippen LogP contribution in [0.5, 0.6) is 5.75 Å². The Morgan fingerprint density at radius 1 is 1.06 bits per heavy atom. The molecule has 168 valence electrons. The maximum atomic E-state index is 13.3. The molecule has 2 aromatic carbocycles. The van der Waals surface area contributed by atoms with Crippen LogP contribution in [0.1, 0.15) is 50.3 Å². The quantitative estimate of drug-likeness (QED) is 0.191. The van der Waals surface area contributed by atoms with Gasteiger partial charge in [0.1, 0.15) is 10.1 Å². The van der Waals surface area contributed by atoms with Crippen LogP contribution in [0.15, 0.2) is 59.5 Å². The molecule has 0 aliphatic carbocycles. The van der Waals surface area contributed by atoms with Crippen LogP contribution in [0.4, 0.5) is 0 Å². The third-order valence-electron chi connectivity index (χ3n) is 4.81. The number of esters is 1. The summed E-state index contributed by atoms with van der Waals surface area (Å²) in [6, 6.07) is 15.8. The van der Waals surface area contributed by atoms with E-state index < -0.39 is 12.0 Å². The standard InChI is InChI=1S/C25H27NO4S2/c1-3-5-16-29-20-13-11-18(12-14-20)17-21-23(27)26(25(31)32-21)22(24(28)30-15-4-2)19-9-7-6-8-10-19/h6-14,17,22H,3-5,15-16H2,1-2H3/b21-17-. The number of amides is 1. The van der Waals surface area contributed by atoms with Gasteiger partial charge in [-0.2, -0.15) is 0 Å². The van der Waals surface area contributed by atoms with E-state index in [1.165, 1.54) is 16.7 Å². The van der Waals surface area contributed by atoms with Gasteiger partial charge in [-0.05, 0) is 42.2 Å². The highest BCUT2D eigenvalue weighted by atomic mass is 32.2. The highest BCUT2D eigenvalue weighted by Gasteiger charge is 2.42. The van der Waals surface area contributed by atoms with Crippen LogP contribution in [0.25, 0.3) is 6.08 Å². The normalized spacial score (nSPS) is 15.8. The van der Waals surface area contributed by atoms with Crippen molar-refractivity contribution in [1.29, 1.82) is 0 Å². The minimum atomic E-state index is -0.907. The first-order valence-electron chi connectivity index (χ1n) is 10.8. The van der Waals surface area contributed by atoms with Crippen LogP contribution < -0.4 is 4.74 Å². The van der Waals surface area contributed by atoms with Gasteiger partial charge in [0.25, 0.3) is 5.91 Å². The molecule has 1 aliphatic rings. The van der Waals surface area contributed by atoms with E-state index in [-0.39, 0.29) is 5.91 Å². The molecule has 1 heterocycles. The van der Waals surface area contributed by atoms with Crippen molar-refractivity contribution in [1.82, 2.24) is 4.90 Å². The Bertz CT molecular complexity index is 973. The van der Waals surface area contributed by atoms with Gasteiger partial charge in [-0.25, -0.2) is 4.79 Å². The number of benzene rings is 2. The van der Waals surface area contributed by atoms with Crippen molar-refractivity contribution in [2.45, 2.75) is 39.2 Å². The molecule has 0 bridgehead atoms. The number of hydrogen-bond donors (Lipinski definition) is 0. The molecule has 0 aromatic heterocycles. The Kier molecular flexibility index (Phi) is 8.88. The summed E-state index contributed by atoms with van der Waals surface area (Å²) < 4.78 is 11.4. The SMILES string of the molecule is CCCCOc1ccc(/C=C2\SC(=S)N(C(C(=O)OCCC)c3ccccc3)C2=O)cc1. The van der Waals surface area contributed by atoms with Crippen LogP contribution in [0, 0.1) is 0 Å². The molecular weight excluding hydrogens is 442 g/mol. The van der Waals surface area contributed by atoms with Crippen molar-refractivity contribution < 1.29 is 19.1 Å². The average molecular weight is 470 g/mol. The predicted molar refractivity (Wildman–Crippen MR) is 132 cm³/mol. The number of unbranched alkanes of at least 4 members (excludes halogenated alkanes) is 1. The molecule has 5 nitrogen and oxygen atoms in total. The van der Waals surface area contributed by atoms with Gasteiger partial charge in [-0.1, -0.05) is 86.7 Å². The van der Waals surface area contributed by atoms with Gasteiger partial charge in [0.2, 0.25) is 0 Å². The zero-order valence-electron chi connectivity index (χ0n) is 18.3. The second kappa shape index (κ2) is 11.8. The summed E-state index contributed by atoms with van der Waals surface area (Å²) in [4.78, 5) is 28.0. The number of nitrogens with zero attached hydrogens (tertiary/aromatic N) is 1. The molecule has 32 heavy (non-hydrogen) atoms. The zero-order chi connectivity index (χ0) is 22.9. The number of carbonyl (C=O) groups excluding carboxylic acids is 2. The third kappa shape index (κ3) is 5.99. The molecular formula is C25H27NO4S2. The molecule has 0 saturated carbocycles. The van der Waals surface area contributed by atoms with E-state index in [9.17, 15) is 9.59 Å². The number of ether oxygens (including phenoxy) is 2. The maximum Gasteiger partial charge on any atom is 0.333 e. The third-order valence-corrected chi connectivity index (χ3v) is 6.14. The van der Waals surface area contributed by atoms with Crippen LogP contribution in [0.3, 0.4) is 0 Å². The van der Waals surface area contributed by atoms with Crippen molar-refractivity contribution >= 4 is 46.3 Å². The minimum absolute atomic E-state index is 0.291. The fourth-order valence-corrected chi connectivity index (χ4v) is 4.47. The van der Waals surface area contributed by atoms with Crippen molar-refractivity contribution in [3.63, 3.8) is 0 Å². The van der Waals surface area contributed by atoms with E-state index in [1.807, 2.05) is 49.4 Å². The fourth-order valence-electron chi connectivity index (χ4n) is 3.16. The molecule has 1 aliphatic heterocycles. The number of thiocarbonyl (C=S) groups is 1. The summed E-state index contributed by atoms with van der Waals surface area (Å²) >= 11 is 6.69. The van der Waals surface area contributed by atoms with E-state index in [0.717, 1.165) is 24.2 Å². The summed E-state index contributed by atoms with van der Waals surface area (Å²) in [7, 11) is 0. The summed E-state index contributed by atoms with van der Waals surface area (Å²) in [6.45, 7) is 5.02. The average Bonchev–Trinajstić information content (AvgIpc) is 3.07. The van der Waals surface area contributed by atoms with E-state index in [1.54, 1.807) is 18.2 Å². The smallest absolute Gasteiger partial charge is 0.333 e. The molecule has 1 fully saturated rings. The topological polar surface area (TPSA) is 55.8 Å². The highest BCUT2D eigenvalue weighted by molar-refractivity contribution is 8.26. The first-order valence-corrected chi connectivity index (χ1v) is 12.0. The summed E-state index contributed by atoms with van der Waals surface area (Å²) in [6.07, 6.45) is 4.57. The lowest BCUT2D eigenvalue weighted by molar-refractivity contribution is -0.151. The molecule has 3 rings (SSSR count). The van der Waals surface area contributed by atoms with Gasteiger partial charge in [0.15, 0.2) is 6.04 Å². The van der Waals surface area contributed by atoms with E-state index in [4.69, 9.17) is 21.7 Å². The van der Waals surface area contributed by atoms with Gasteiger partial charge in [-0.3, -0.25) is 9.69 Å². The minimum Gasteiger partial charge on any atom is -0.494 e. The molecule has 0 N–H and O–H groups in total. The first-order chi connectivity index (χ1) is 15.5. The Hall–Kier alpha value is -2.64. The molecule has 1 saturated heterocycles. The Morgan fingerprint density at radius 3 is 2.44 bits per heavy atom. The van der Waals surface area contributed by atoms with Gasteiger partial charge in [-0.15, -0.1) is 0 Å². The molecule has 1 atom stereocenters. The lowest BCUT2D eigenvalue weighted by Gasteiger charge is -2.25.